The van der Waals surface area contributed by atoms with Gasteiger partial charge in [-0.3, -0.25) is 4.79 Å². The number of benzene rings is 1. The van der Waals surface area contributed by atoms with Crippen molar-refractivity contribution < 1.29 is 19.1 Å². The third kappa shape index (κ3) is 6.23. The van der Waals surface area contributed by atoms with Crippen LogP contribution < -0.4 is 5.32 Å². The molecule has 0 saturated heterocycles. The van der Waals surface area contributed by atoms with Crippen LogP contribution in [0.15, 0.2) is 36.9 Å². The number of ether oxygens (including phenoxy) is 2. The number of esters is 1. The van der Waals surface area contributed by atoms with Gasteiger partial charge in [0.2, 0.25) is 0 Å². The molecule has 0 fully saturated rings. The van der Waals surface area contributed by atoms with Gasteiger partial charge in [-0.05, 0) is 31.0 Å². The zero-order chi connectivity index (χ0) is 15.7. The van der Waals surface area contributed by atoms with E-state index in [-0.39, 0.29) is 19.1 Å². The minimum Gasteiger partial charge on any atom is -0.454 e. The van der Waals surface area contributed by atoms with Crippen LogP contribution in [0.5, 0.6) is 0 Å². The van der Waals surface area contributed by atoms with Gasteiger partial charge in [0, 0.05) is 5.69 Å². The van der Waals surface area contributed by atoms with Gasteiger partial charge >= 0.3 is 5.97 Å². The fourth-order valence-corrected chi connectivity index (χ4v) is 1.60. The zero-order valence-electron chi connectivity index (χ0n) is 12.4. The van der Waals surface area contributed by atoms with Crippen LogP contribution in [0.4, 0.5) is 5.69 Å². The van der Waals surface area contributed by atoms with Gasteiger partial charge in [0.05, 0.1) is 6.61 Å². The number of hydrogen-bond donors (Lipinski definition) is 1. The van der Waals surface area contributed by atoms with Gasteiger partial charge in [-0.15, -0.1) is 6.58 Å². The van der Waals surface area contributed by atoms with Crippen LogP contribution in [0.3, 0.4) is 0 Å². The van der Waals surface area contributed by atoms with Crippen molar-refractivity contribution >= 4 is 17.6 Å². The molecule has 0 saturated carbocycles. The molecule has 1 amide bonds. The molecule has 5 nitrogen and oxygen atoms in total. The second-order valence-electron chi connectivity index (χ2n) is 4.47. The number of carbonyl (C=O) groups is 2. The molecule has 0 spiro atoms. The van der Waals surface area contributed by atoms with E-state index >= 15 is 0 Å². The first-order chi connectivity index (χ1) is 10.1. The number of carbonyl (C=O) groups excluding carboxylic acids is 2. The Bertz CT molecular complexity index is 499. The monoisotopic (exact) mass is 291 g/mol. The third-order valence-corrected chi connectivity index (χ3v) is 2.76. The quantitative estimate of drug-likeness (QED) is 0.589. The molecular formula is C16H21NO4. The van der Waals surface area contributed by atoms with Crippen molar-refractivity contribution in [3.05, 3.63) is 42.5 Å². The first kappa shape index (κ1) is 16.9. The van der Waals surface area contributed by atoms with Crippen LogP contribution in [0, 0.1) is 0 Å². The second kappa shape index (κ2) is 8.92. The SMILES string of the molecule is C=CCOC(C)C(=O)OCC(=O)Nc1cccc(CC)c1. The molecule has 1 atom stereocenters. The highest BCUT2D eigenvalue weighted by Crippen LogP contribution is 2.10. The lowest BCUT2D eigenvalue weighted by atomic mass is 10.1. The molecule has 1 aromatic carbocycles. The van der Waals surface area contributed by atoms with E-state index in [4.69, 9.17) is 9.47 Å². The molecule has 0 aliphatic heterocycles. The Morgan fingerprint density at radius 1 is 1.43 bits per heavy atom. The van der Waals surface area contributed by atoms with E-state index in [1.165, 1.54) is 6.08 Å². The summed E-state index contributed by atoms with van der Waals surface area (Å²) in [7, 11) is 0. The van der Waals surface area contributed by atoms with Crippen molar-refractivity contribution in [2.45, 2.75) is 26.4 Å². The fraction of sp³-hybridized carbons (Fsp3) is 0.375. The minimum absolute atomic E-state index is 0.256. The van der Waals surface area contributed by atoms with E-state index in [0.29, 0.717) is 5.69 Å². The van der Waals surface area contributed by atoms with Gasteiger partial charge in [0.15, 0.2) is 12.7 Å². The predicted molar refractivity (Wildman–Crippen MR) is 81.0 cm³/mol. The van der Waals surface area contributed by atoms with E-state index in [1.807, 2.05) is 25.1 Å². The van der Waals surface area contributed by atoms with Crippen LogP contribution in [0.2, 0.25) is 0 Å². The molecule has 5 heteroatoms. The highest BCUT2D eigenvalue weighted by atomic mass is 16.6. The topological polar surface area (TPSA) is 64.6 Å². The molecule has 114 valence electrons. The first-order valence-electron chi connectivity index (χ1n) is 6.84. The Hall–Kier alpha value is -2.14. The molecule has 1 N–H and O–H groups in total. The van der Waals surface area contributed by atoms with E-state index in [1.54, 1.807) is 13.0 Å². The van der Waals surface area contributed by atoms with Crippen LogP contribution in [0.25, 0.3) is 0 Å². The standard InChI is InChI=1S/C16H21NO4/c1-4-9-20-12(3)16(19)21-11-15(18)17-14-8-6-7-13(5-2)10-14/h4,6-8,10,12H,1,5,9,11H2,2-3H3,(H,17,18). The van der Waals surface area contributed by atoms with Crippen molar-refractivity contribution in [1.82, 2.24) is 0 Å². The number of aryl methyl sites for hydroxylation is 1. The van der Waals surface area contributed by atoms with Crippen molar-refractivity contribution in [2.24, 2.45) is 0 Å². The molecule has 0 aliphatic carbocycles. The van der Waals surface area contributed by atoms with Crippen molar-refractivity contribution in [2.75, 3.05) is 18.5 Å². The lowest BCUT2D eigenvalue weighted by Gasteiger charge is -2.11. The van der Waals surface area contributed by atoms with Gasteiger partial charge in [-0.2, -0.15) is 0 Å². The Kier molecular flexibility index (Phi) is 7.18. The first-order valence-corrected chi connectivity index (χ1v) is 6.84. The summed E-state index contributed by atoms with van der Waals surface area (Å²) in [5, 5.41) is 2.68. The van der Waals surface area contributed by atoms with E-state index < -0.39 is 12.1 Å². The maximum absolute atomic E-state index is 11.7. The molecule has 0 radical (unpaired) electrons. The molecule has 0 aliphatic rings. The van der Waals surface area contributed by atoms with Crippen molar-refractivity contribution in [1.29, 1.82) is 0 Å². The fourth-order valence-electron chi connectivity index (χ4n) is 1.60. The number of amides is 1. The highest BCUT2D eigenvalue weighted by Gasteiger charge is 2.16. The molecular weight excluding hydrogens is 270 g/mol. The summed E-state index contributed by atoms with van der Waals surface area (Å²) in [6, 6.07) is 7.52. The van der Waals surface area contributed by atoms with Crippen molar-refractivity contribution in [3.63, 3.8) is 0 Å². The lowest BCUT2D eigenvalue weighted by molar-refractivity contribution is -0.157. The molecule has 0 heterocycles. The molecule has 1 unspecified atom stereocenters. The van der Waals surface area contributed by atoms with E-state index in [9.17, 15) is 9.59 Å². The Morgan fingerprint density at radius 3 is 2.86 bits per heavy atom. The number of rotatable bonds is 8. The van der Waals surface area contributed by atoms with Gasteiger partial charge in [0.25, 0.3) is 5.91 Å². The van der Waals surface area contributed by atoms with Crippen LogP contribution in [0.1, 0.15) is 19.4 Å². The largest absolute Gasteiger partial charge is 0.454 e. The molecule has 1 rings (SSSR count). The van der Waals surface area contributed by atoms with Crippen molar-refractivity contribution in [3.8, 4) is 0 Å². The van der Waals surface area contributed by atoms with Gasteiger partial charge in [-0.25, -0.2) is 4.79 Å². The van der Waals surface area contributed by atoms with Gasteiger partial charge < -0.3 is 14.8 Å². The maximum Gasteiger partial charge on any atom is 0.335 e. The summed E-state index contributed by atoms with van der Waals surface area (Å²) in [5.74, 6) is -0.957. The summed E-state index contributed by atoms with van der Waals surface area (Å²) in [6.45, 7) is 7.00. The number of anilines is 1. The molecule has 21 heavy (non-hydrogen) atoms. The average Bonchev–Trinajstić information content (AvgIpc) is 2.50. The predicted octanol–water partition coefficient (Wildman–Crippen LogP) is 2.32. The number of nitrogens with one attached hydrogen (secondary N) is 1. The van der Waals surface area contributed by atoms with Crippen LogP contribution in [-0.4, -0.2) is 31.2 Å². The Morgan fingerprint density at radius 2 is 2.19 bits per heavy atom. The van der Waals surface area contributed by atoms with Crippen LogP contribution >= 0.6 is 0 Å². The summed E-state index contributed by atoms with van der Waals surface area (Å²) in [6.07, 6.45) is 1.70. The van der Waals surface area contributed by atoms with E-state index in [0.717, 1.165) is 12.0 Å². The zero-order valence-corrected chi connectivity index (χ0v) is 12.4. The molecule has 0 aromatic heterocycles. The second-order valence-corrected chi connectivity index (χ2v) is 4.47. The minimum atomic E-state index is -0.723. The normalized spacial score (nSPS) is 11.5. The Balaban J connectivity index is 2.39. The van der Waals surface area contributed by atoms with E-state index in [2.05, 4.69) is 11.9 Å². The summed E-state index contributed by atoms with van der Waals surface area (Å²) in [5.41, 5.74) is 1.81. The highest BCUT2D eigenvalue weighted by molar-refractivity contribution is 5.93. The Labute approximate surface area is 124 Å². The summed E-state index contributed by atoms with van der Waals surface area (Å²) >= 11 is 0. The average molecular weight is 291 g/mol. The third-order valence-electron chi connectivity index (χ3n) is 2.76. The van der Waals surface area contributed by atoms with Gasteiger partial charge in [-0.1, -0.05) is 25.1 Å². The molecule has 1 aromatic rings. The molecule has 0 bridgehead atoms. The van der Waals surface area contributed by atoms with Crippen LogP contribution in [-0.2, 0) is 25.5 Å². The summed E-state index contributed by atoms with van der Waals surface area (Å²) in [4.78, 5) is 23.3. The lowest BCUT2D eigenvalue weighted by Crippen LogP contribution is -2.28. The summed E-state index contributed by atoms with van der Waals surface area (Å²) < 4.78 is 9.99. The maximum atomic E-state index is 11.7. The van der Waals surface area contributed by atoms with Gasteiger partial charge in [0.1, 0.15) is 0 Å². The number of hydrogen-bond acceptors (Lipinski definition) is 4. The smallest absolute Gasteiger partial charge is 0.335 e.